The summed E-state index contributed by atoms with van der Waals surface area (Å²) in [7, 11) is 3.81. The number of amides is 1. The number of Topliss-reactive ketones (excluding diaryl/α,β-unsaturated/α-hetero) is 1. The molecule has 1 amide bonds. The molecule has 35 heavy (non-hydrogen) atoms. The van der Waals surface area contributed by atoms with Gasteiger partial charge in [-0.1, -0.05) is 38.6 Å². The van der Waals surface area contributed by atoms with Crippen molar-refractivity contribution in [3.63, 3.8) is 0 Å². The van der Waals surface area contributed by atoms with Gasteiger partial charge >= 0.3 is 0 Å². The zero-order chi connectivity index (χ0) is 25.5. The van der Waals surface area contributed by atoms with Gasteiger partial charge in [-0.25, -0.2) is 0 Å². The molecule has 3 rings (SSSR count). The molecule has 0 bridgehead atoms. The summed E-state index contributed by atoms with van der Waals surface area (Å²) >= 11 is 0. The molecule has 1 unspecified atom stereocenters. The number of likely N-dealkylation sites (N-methyl/N-ethyl adjacent to an activating group) is 1. The van der Waals surface area contributed by atoms with E-state index in [2.05, 4.69) is 20.4 Å². The predicted molar refractivity (Wildman–Crippen MR) is 136 cm³/mol. The summed E-state index contributed by atoms with van der Waals surface area (Å²) in [5.41, 5.74) is 1.24. The summed E-state index contributed by atoms with van der Waals surface area (Å²) in [5, 5.41) is 11.2. The molecule has 2 aromatic carbocycles. The number of hydrogen-bond acceptors (Lipinski definition) is 6. The second kappa shape index (κ2) is 11.7. The number of carbonyl (C=O) groups is 2. The van der Waals surface area contributed by atoms with Crippen LogP contribution in [0.3, 0.4) is 0 Å². The number of ketones is 1. The number of carbonyl (C=O) groups excluding carboxylic acids is 2. The quantitative estimate of drug-likeness (QED) is 0.225. The Morgan fingerprint density at radius 3 is 2.23 bits per heavy atom. The van der Waals surface area contributed by atoms with Crippen LogP contribution in [0.1, 0.15) is 31.0 Å². The number of likely N-dealkylation sites (tertiary alicyclic amines) is 1. The minimum absolute atomic E-state index is 0.0735. The van der Waals surface area contributed by atoms with Crippen molar-refractivity contribution in [2.75, 3.05) is 40.4 Å². The van der Waals surface area contributed by atoms with Crippen LogP contribution in [0.2, 0.25) is 0 Å². The zero-order valence-electron chi connectivity index (χ0n) is 20.9. The molecule has 1 aliphatic heterocycles. The number of aliphatic hydroxyl groups is 1. The van der Waals surface area contributed by atoms with Gasteiger partial charge in [-0.2, -0.15) is 0 Å². The molecule has 186 valence electrons. The highest BCUT2D eigenvalue weighted by molar-refractivity contribution is 6.46. The molecule has 0 aliphatic carbocycles. The van der Waals surface area contributed by atoms with E-state index < -0.39 is 17.7 Å². The maximum Gasteiger partial charge on any atom is 0.295 e. The highest BCUT2D eigenvalue weighted by atomic mass is 16.5. The van der Waals surface area contributed by atoms with E-state index in [1.165, 1.54) is 4.90 Å². The third kappa shape index (κ3) is 6.31. The van der Waals surface area contributed by atoms with Crippen LogP contribution in [0.25, 0.3) is 5.76 Å². The van der Waals surface area contributed by atoms with E-state index in [1.807, 2.05) is 31.1 Å². The van der Waals surface area contributed by atoms with Crippen LogP contribution < -0.4 is 9.47 Å². The van der Waals surface area contributed by atoms with E-state index >= 15 is 0 Å². The van der Waals surface area contributed by atoms with Crippen molar-refractivity contribution < 1.29 is 24.2 Å². The second-order valence-corrected chi connectivity index (χ2v) is 9.19. The Labute approximate surface area is 207 Å². The fourth-order valence-corrected chi connectivity index (χ4v) is 3.79. The van der Waals surface area contributed by atoms with Gasteiger partial charge in [-0.15, -0.1) is 0 Å². The molecule has 0 spiro atoms. The molecule has 1 N–H and O–H groups in total. The van der Waals surface area contributed by atoms with Crippen molar-refractivity contribution in [1.82, 2.24) is 9.80 Å². The first kappa shape index (κ1) is 26.0. The standard InChI is InChI=1S/C28H34N2O5/c1-6-17-34-22-11-7-20(8-12-22)25-24(27(32)28(33)30(25)16-15-29(4)5)26(31)21-9-13-23(14-10-21)35-18-19(2)3/h6-14,19,25,31H,1,15-18H2,2-5H3/b26-24+. The second-order valence-electron chi connectivity index (χ2n) is 9.19. The first-order valence-electron chi connectivity index (χ1n) is 11.7. The molecule has 1 atom stereocenters. The number of aliphatic hydroxyl groups excluding tert-OH is 1. The van der Waals surface area contributed by atoms with Crippen molar-refractivity contribution in [1.29, 1.82) is 0 Å². The summed E-state index contributed by atoms with van der Waals surface area (Å²) in [6, 6.07) is 13.4. The number of rotatable bonds is 11. The van der Waals surface area contributed by atoms with Crippen LogP contribution in [0.5, 0.6) is 11.5 Å². The Bertz CT molecular complexity index is 1070. The van der Waals surface area contributed by atoms with Crippen LogP contribution in [-0.4, -0.2) is 67.0 Å². The van der Waals surface area contributed by atoms with E-state index in [0.717, 1.165) is 0 Å². The van der Waals surface area contributed by atoms with Crippen molar-refractivity contribution in [3.8, 4) is 11.5 Å². The monoisotopic (exact) mass is 478 g/mol. The lowest BCUT2D eigenvalue weighted by Gasteiger charge is -2.26. The van der Waals surface area contributed by atoms with E-state index in [1.54, 1.807) is 42.5 Å². The number of hydrogen-bond donors (Lipinski definition) is 1. The van der Waals surface area contributed by atoms with E-state index in [9.17, 15) is 14.7 Å². The van der Waals surface area contributed by atoms with Crippen molar-refractivity contribution in [2.24, 2.45) is 5.92 Å². The Kier molecular flexibility index (Phi) is 8.71. The average Bonchev–Trinajstić information content (AvgIpc) is 3.10. The van der Waals surface area contributed by atoms with Gasteiger partial charge < -0.3 is 24.4 Å². The van der Waals surface area contributed by atoms with Crippen LogP contribution in [0.4, 0.5) is 0 Å². The van der Waals surface area contributed by atoms with Crippen LogP contribution in [0.15, 0.2) is 66.8 Å². The molecular weight excluding hydrogens is 444 g/mol. The fraction of sp³-hybridized carbons (Fsp3) is 0.357. The SMILES string of the molecule is C=CCOc1ccc(C2/C(=C(\O)c3ccc(OCC(C)C)cc3)C(=O)C(=O)N2CCN(C)C)cc1. The molecule has 1 saturated heterocycles. The molecule has 7 nitrogen and oxygen atoms in total. The van der Waals surface area contributed by atoms with Gasteiger partial charge in [0, 0.05) is 18.7 Å². The van der Waals surface area contributed by atoms with Gasteiger partial charge in [0.15, 0.2) is 0 Å². The number of nitrogens with zero attached hydrogens (tertiary/aromatic N) is 2. The van der Waals surface area contributed by atoms with E-state index in [0.29, 0.717) is 54.8 Å². The lowest BCUT2D eigenvalue weighted by Crippen LogP contribution is -2.35. The van der Waals surface area contributed by atoms with E-state index in [-0.39, 0.29) is 11.3 Å². The zero-order valence-corrected chi connectivity index (χ0v) is 20.9. The predicted octanol–water partition coefficient (Wildman–Crippen LogP) is 4.27. The summed E-state index contributed by atoms with van der Waals surface area (Å²) < 4.78 is 11.3. The normalized spacial score (nSPS) is 17.3. The summed E-state index contributed by atoms with van der Waals surface area (Å²) in [5.74, 6) is 0.183. The third-order valence-electron chi connectivity index (χ3n) is 5.60. The summed E-state index contributed by atoms with van der Waals surface area (Å²) in [6.45, 7) is 9.64. The molecule has 0 radical (unpaired) electrons. The number of benzene rings is 2. The third-order valence-corrected chi connectivity index (χ3v) is 5.60. The fourth-order valence-electron chi connectivity index (χ4n) is 3.79. The van der Waals surface area contributed by atoms with Crippen molar-refractivity contribution in [3.05, 3.63) is 77.9 Å². The minimum atomic E-state index is -0.708. The molecule has 1 heterocycles. The van der Waals surface area contributed by atoms with Crippen LogP contribution >= 0.6 is 0 Å². The van der Waals surface area contributed by atoms with Crippen molar-refractivity contribution in [2.45, 2.75) is 19.9 Å². The number of ether oxygens (including phenoxy) is 2. The maximum atomic E-state index is 13.1. The summed E-state index contributed by atoms with van der Waals surface area (Å²) in [6.07, 6.45) is 1.66. The Balaban J connectivity index is 2.00. The van der Waals surface area contributed by atoms with Gasteiger partial charge in [0.1, 0.15) is 23.9 Å². The Morgan fingerprint density at radius 2 is 1.66 bits per heavy atom. The smallest absolute Gasteiger partial charge is 0.295 e. The average molecular weight is 479 g/mol. The maximum absolute atomic E-state index is 13.1. The van der Waals surface area contributed by atoms with Gasteiger partial charge in [-0.3, -0.25) is 9.59 Å². The first-order chi connectivity index (χ1) is 16.7. The van der Waals surface area contributed by atoms with Crippen LogP contribution in [-0.2, 0) is 9.59 Å². The largest absolute Gasteiger partial charge is 0.507 e. The lowest BCUT2D eigenvalue weighted by atomic mass is 9.95. The topological polar surface area (TPSA) is 79.3 Å². The van der Waals surface area contributed by atoms with Crippen LogP contribution in [0, 0.1) is 5.92 Å². The molecule has 7 heteroatoms. The van der Waals surface area contributed by atoms with Gasteiger partial charge in [0.2, 0.25) is 0 Å². The molecular formula is C28H34N2O5. The van der Waals surface area contributed by atoms with Crippen molar-refractivity contribution >= 4 is 17.4 Å². The highest BCUT2D eigenvalue weighted by Gasteiger charge is 2.45. The highest BCUT2D eigenvalue weighted by Crippen LogP contribution is 2.39. The molecule has 0 saturated carbocycles. The summed E-state index contributed by atoms with van der Waals surface area (Å²) in [4.78, 5) is 29.6. The van der Waals surface area contributed by atoms with Gasteiger partial charge in [0.25, 0.3) is 11.7 Å². The first-order valence-corrected chi connectivity index (χ1v) is 11.7. The molecule has 1 fully saturated rings. The Hall–Kier alpha value is -3.58. The lowest BCUT2D eigenvalue weighted by molar-refractivity contribution is -0.140. The molecule has 0 aromatic heterocycles. The molecule has 1 aliphatic rings. The van der Waals surface area contributed by atoms with E-state index in [4.69, 9.17) is 9.47 Å². The minimum Gasteiger partial charge on any atom is -0.507 e. The molecule has 2 aromatic rings. The van der Waals surface area contributed by atoms with Gasteiger partial charge in [0.05, 0.1) is 18.2 Å². The van der Waals surface area contributed by atoms with Gasteiger partial charge in [-0.05, 0) is 62.0 Å². The Morgan fingerprint density at radius 1 is 1.06 bits per heavy atom.